The molecule has 478 valence electrons. The van der Waals surface area contributed by atoms with Gasteiger partial charge >= 0.3 is 17.9 Å². The van der Waals surface area contributed by atoms with Crippen LogP contribution >= 0.6 is 0 Å². The van der Waals surface area contributed by atoms with Gasteiger partial charge in [-0.25, -0.2) is 4.79 Å². The van der Waals surface area contributed by atoms with Crippen LogP contribution in [0.3, 0.4) is 0 Å². The molecule has 1 aromatic heterocycles. The Bertz CT molecular complexity index is 2560. The number of nitrogens with zero attached hydrogens (tertiary/aromatic N) is 5. The molecule has 2 aromatic rings. The monoisotopic (exact) mass is 1190 g/mol. The van der Waals surface area contributed by atoms with E-state index in [1.54, 1.807) is 84.4 Å². The second-order valence-electron chi connectivity index (χ2n) is 24.3. The third kappa shape index (κ3) is 16.9. The van der Waals surface area contributed by atoms with Crippen molar-refractivity contribution in [2.24, 2.45) is 28.8 Å². The number of aliphatic hydroxyl groups is 4. The van der Waals surface area contributed by atoms with Gasteiger partial charge in [-0.15, -0.1) is 0 Å². The molecular formula is C60H100N6O18. The maximum atomic E-state index is 14.8. The molecule has 4 heterocycles. The molecule has 1 aromatic carbocycles. The zero-order chi connectivity index (χ0) is 62.8. The number of cyclic esters (lactones) is 1. The number of fused-ring (bicyclic) bond motifs is 1. The molecule has 0 radical (unpaired) electrons. The van der Waals surface area contributed by atoms with Crippen LogP contribution in [-0.4, -0.2) is 229 Å². The van der Waals surface area contributed by atoms with E-state index in [-0.39, 0.29) is 68.5 Å². The van der Waals surface area contributed by atoms with Crippen LogP contribution < -0.4 is 20.5 Å². The molecule has 3 aliphatic heterocycles. The van der Waals surface area contributed by atoms with E-state index in [0.717, 1.165) is 13.1 Å². The largest absolute Gasteiger partial charge is 0.492 e. The molecule has 0 saturated carbocycles. The highest BCUT2D eigenvalue weighted by Gasteiger charge is 2.54. The van der Waals surface area contributed by atoms with E-state index in [0.29, 0.717) is 36.5 Å². The fraction of sp³-hybridized carbons (Fsp3) is 0.783. The van der Waals surface area contributed by atoms with Crippen molar-refractivity contribution in [3.8, 4) is 5.75 Å². The number of carboxylic acid groups (broad SMARTS) is 1. The van der Waals surface area contributed by atoms with Crippen LogP contribution in [0.1, 0.15) is 126 Å². The SMILES string of the molecule is CC[C@H]1OC(=O)[C@H](C)[C@@H](O[C@H]2C[C@@](C)(OC)[C@@H](OC(=O)CCNCCOc3ccc4c(=O)c(C(=O)O)cn(N(C)C)c4c3)[C@H](C)O2)[C@H](C)[C@@H](O[C@@H]2O[C@H](C)C[C@H](N(C)C)[C@H]2O)[C@](C)(O)C[C@@H](C)C(=NOCCN(CC)CC)[C@H](C)[C@@H](O)[C@]1(C)O. The van der Waals surface area contributed by atoms with Crippen molar-refractivity contribution < 1.29 is 82.6 Å². The van der Waals surface area contributed by atoms with Gasteiger partial charge in [0.05, 0.1) is 59.7 Å². The van der Waals surface area contributed by atoms with Crippen LogP contribution in [0.15, 0.2) is 34.3 Å². The Balaban J connectivity index is 1.39. The Labute approximate surface area is 495 Å². The van der Waals surface area contributed by atoms with Gasteiger partial charge in [0.25, 0.3) is 0 Å². The van der Waals surface area contributed by atoms with Crippen LogP contribution in [0.2, 0.25) is 0 Å². The normalized spacial score (nSPS) is 35.2. The number of carbonyl (C=O) groups is 3. The minimum absolute atomic E-state index is 0.00241. The quantitative estimate of drug-likeness (QED) is 0.0525. The number of hydrogen-bond acceptors (Lipinski definition) is 22. The van der Waals surface area contributed by atoms with E-state index in [9.17, 15) is 44.7 Å². The van der Waals surface area contributed by atoms with Crippen LogP contribution in [-0.2, 0) is 47.6 Å². The Hall–Kier alpha value is -4.57. The highest BCUT2D eigenvalue weighted by atomic mass is 16.7. The van der Waals surface area contributed by atoms with Crippen LogP contribution in [0, 0.1) is 23.7 Å². The van der Waals surface area contributed by atoms with Crippen molar-refractivity contribution in [3.63, 3.8) is 0 Å². The predicted octanol–water partition coefficient (Wildman–Crippen LogP) is 3.75. The number of carboxylic acids is 1. The molecule has 18 atom stereocenters. The van der Waals surface area contributed by atoms with Crippen molar-refractivity contribution in [1.29, 1.82) is 0 Å². The Morgan fingerprint density at radius 3 is 2.18 bits per heavy atom. The van der Waals surface area contributed by atoms with Gasteiger partial charge in [0, 0.05) is 88.7 Å². The van der Waals surface area contributed by atoms with Gasteiger partial charge in [-0.2, -0.15) is 0 Å². The first kappa shape index (κ1) is 70.2. The summed E-state index contributed by atoms with van der Waals surface area (Å²) in [6.45, 7) is 24.4. The second kappa shape index (κ2) is 30.4. The number of carbonyl (C=O) groups excluding carboxylic acids is 2. The van der Waals surface area contributed by atoms with Crippen LogP contribution in [0.25, 0.3) is 10.9 Å². The molecule has 5 rings (SSSR count). The topological polar surface area (TPSA) is 292 Å². The van der Waals surface area contributed by atoms with Gasteiger partial charge in [-0.3, -0.25) is 19.1 Å². The molecule has 24 nitrogen and oxygen atoms in total. The van der Waals surface area contributed by atoms with Gasteiger partial charge in [-0.1, -0.05) is 46.7 Å². The highest BCUT2D eigenvalue weighted by molar-refractivity contribution is 5.93. The van der Waals surface area contributed by atoms with E-state index in [1.165, 1.54) is 26.3 Å². The summed E-state index contributed by atoms with van der Waals surface area (Å²) in [7, 11) is 8.64. The summed E-state index contributed by atoms with van der Waals surface area (Å²) < 4.78 is 52.6. The number of pyridine rings is 1. The fourth-order valence-electron chi connectivity index (χ4n) is 12.3. The molecule has 84 heavy (non-hydrogen) atoms. The van der Waals surface area contributed by atoms with E-state index in [1.807, 2.05) is 46.7 Å². The Morgan fingerprint density at radius 2 is 1.57 bits per heavy atom. The standard InChI is InChI=1S/C60H100N6O18/c1-18-45-60(12,75)52(70)36(6)48(62-78-28-26-65(19-2)20-3)34(4)31-58(10,74)53(84-57-50(69)44(63(13)14)29-35(5)79-57)37(7)51(38(8)56(73)81-45)83-47-32-59(11,76-17)54(39(9)80-47)82-46(67)23-24-61-25-27-77-40-21-22-41-43(30-40)66(64(15)16)33-42(49(41)68)55(71)72/h21-22,30,33-39,44-45,47,50-54,57,61,69-70,74-75H,18-20,23-29,31-32H2,1-17H3,(H,71,72)/t34-,35-,36+,37+,38-,39+,44+,45-,47+,50-,51+,52-,53-,54+,57+,58-,59-,60-/m1/s1. The summed E-state index contributed by atoms with van der Waals surface area (Å²) in [5.41, 5.74) is -5.15. The second-order valence-corrected chi connectivity index (χ2v) is 24.3. The maximum absolute atomic E-state index is 14.8. The summed E-state index contributed by atoms with van der Waals surface area (Å²) in [6.07, 6.45) is -8.93. The molecule has 0 unspecified atom stereocenters. The lowest BCUT2D eigenvalue weighted by Crippen LogP contribution is -2.61. The van der Waals surface area contributed by atoms with Gasteiger partial charge < -0.3 is 88.4 Å². The minimum Gasteiger partial charge on any atom is -0.492 e. The molecule has 0 spiro atoms. The molecule has 3 fully saturated rings. The molecule has 0 bridgehead atoms. The van der Waals surface area contributed by atoms with Crippen molar-refractivity contribution in [2.45, 2.75) is 199 Å². The molecule has 0 amide bonds. The molecule has 3 aliphatic rings. The van der Waals surface area contributed by atoms with Crippen LogP contribution in [0.5, 0.6) is 5.75 Å². The average Bonchev–Trinajstić information content (AvgIpc) is 2.13. The molecule has 24 heteroatoms. The van der Waals surface area contributed by atoms with E-state index >= 15 is 0 Å². The molecule has 6 N–H and O–H groups in total. The predicted molar refractivity (Wildman–Crippen MR) is 315 cm³/mol. The Morgan fingerprint density at radius 1 is 0.893 bits per heavy atom. The van der Waals surface area contributed by atoms with Gasteiger partial charge in [0.15, 0.2) is 18.7 Å². The van der Waals surface area contributed by atoms with Crippen molar-refractivity contribution in [1.82, 2.24) is 19.8 Å². The number of nitrogens with one attached hydrogen (secondary N) is 1. The maximum Gasteiger partial charge on any atom is 0.341 e. The van der Waals surface area contributed by atoms with Crippen molar-refractivity contribution >= 4 is 34.5 Å². The summed E-state index contributed by atoms with van der Waals surface area (Å²) in [5, 5.41) is 68.6. The van der Waals surface area contributed by atoms with Crippen molar-refractivity contribution in [3.05, 3.63) is 40.2 Å². The van der Waals surface area contributed by atoms with Crippen LogP contribution in [0.4, 0.5) is 0 Å². The lowest BCUT2D eigenvalue weighted by Gasteiger charge is -2.49. The van der Waals surface area contributed by atoms with Gasteiger partial charge in [0.2, 0.25) is 5.43 Å². The number of likely N-dealkylation sites (N-methyl/N-ethyl adjacent to an activating group) is 2. The molecule has 3 saturated heterocycles. The summed E-state index contributed by atoms with van der Waals surface area (Å²) in [5.74, 6) is -5.73. The van der Waals surface area contributed by atoms with Gasteiger partial charge in [0.1, 0.15) is 47.9 Å². The van der Waals surface area contributed by atoms with E-state index < -0.39 is 119 Å². The van der Waals surface area contributed by atoms with Crippen molar-refractivity contribution in [2.75, 3.05) is 86.2 Å². The fourth-order valence-corrected chi connectivity index (χ4v) is 12.3. The van der Waals surface area contributed by atoms with E-state index in [2.05, 4.69) is 15.4 Å². The summed E-state index contributed by atoms with van der Waals surface area (Å²) in [4.78, 5) is 62.9. The lowest BCUT2D eigenvalue weighted by atomic mass is 9.73. The van der Waals surface area contributed by atoms with Gasteiger partial charge in [-0.05, 0) is 100 Å². The lowest BCUT2D eigenvalue weighted by molar-refractivity contribution is -0.318. The minimum atomic E-state index is -2.00. The smallest absolute Gasteiger partial charge is 0.341 e. The average molecular weight is 1190 g/mol. The van der Waals surface area contributed by atoms with E-state index in [4.69, 9.17) is 42.7 Å². The zero-order valence-electron chi connectivity index (χ0n) is 52.7. The number of ether oxygens (including phenoxy) is 8. The summed E-state index contributed by atoms with van der Waals surface area (Å²) >= 11 is 0. The number of aromatic carboxylic acids is 1. The zero-order valence-corrected chi connectivity index (χ0v) is 52.7. The number of rotatable bonds is 23. The summed E-state index contributed by atoms with van der Waals surface area (Å²) in [6, 6.07) is 4.41. The number of hydrogen-bond donors (Lipinski definition) is 6. The first-order chi connectivity index (χ1) is 39.4. The number of aromatic nitrogens is 1. The number of esters is 2. The molecule has 0 aliphatic carbocycles. The number of benzene rings is 1. The molecular weight excluding hydrogens is 1090 g/mol. The third-order valence-electron chi connectivity index (χ3n) is 17.3. The number of aliphatic hydroxyl groups excluding tert-OH is 2. The number of methoxy groups -OCH3 is 1. The first-order valence-corrected chi connectivity index (χ1v) is 29.8. The third-order valence-corrected chi connectivity index (χ3v) is 17.3. The Kier molecular flexibility index (Phi) is 25.4. The number of oxime groups is 1. The highest BCUT2D eigenvalue weighted by Crippen LogP contribution is 2.42. The first-order valence-electron chi connectivity index (χ1n) is 29.8.